The molecule has 1 nitrogen and oxygen atoms in total. The molecule has 0 aliphatic rings. The van der Waals surface area contributed by atoms with E-state index in [1.54, 1.807) is 0 Å². The summed E-state index contributed by atoms with van der Waals surface area (Å²) in [5.74, 6) is 1.84. The highest BCUT2D eigenvalue weighted by Gasteiger charge is 2.07. The maximum absolute atomic E-state index is 12.6. The van der Waals surface area contributed by atoms with Crippen LogP contribution in [0.2, 0.25) is 0 Å². The summed E-state index contributed by atoms with van der Waals surface area (Å²) < 4.78 is 13.2. The zero-order valence-corrected chi connectivity index (χ0v) is 8.25. The third kappa shape index (κ3) is 1.96. The van der Waals surface area contributed by atoms with Gasteiger partial charge in [0.2, 0.25) is 0 Å². The summed E-state index contributed by atoms with van der Waals surface area (Å²) >= 11 is 1.93. The monoisotopic (exact) mass is 276 g/mol. The van der Waals surface area contributed by atoms with E-state index in [0.29, 0.717) is 9.13 Å². The molecule has 0 bridgehead atoms. The van der Waals surface area contributed by atoms with Gasteiger partial charge >= 0.3 is 0 Å². The second-order valence-corrected chi connectivity index (χ2v) is 3.40. The topological polar surface area (TPSA) is 20.2 Å². The number of hydrogen-bond donors (Lipinski definition) is 1. The van der Waals surface area contributed by atoms with E-state index in [1.165, 1.54) is 18.2 Å². The van der Waals surface area contributed by atoms with Gasteiger partial charge in [0.15, 0.2) is 0 Å². The van der Waals surface area contributed by atoms with E-state index < -0.39 is 6.10 Å². The van der Waals surface area contributed by atoms with Gasteiger partial charge in [-0.05, 0) is 34.7 Å². The SMILES string of the molecule is C#CC(O)c1ccc(F)cc1I. The largest absolute Gasteiger partial charge is 0.376 e. The van der Waals surface area contributed by atoms with Crippen molar-refractivity contribution >= 4 is 22.6 Å². The van der Waals surface area contributed by atoms with Crippen LogP contribution in [0.4, 0.5) is 4.39 Å². The molecule has 0 aliphatic carbocycles. The second kappa shape index (κ2) is 3.87. The molecule has 0 heterocycles. The highest BCUT2D eigenvalue weighted by molar-refractivity contribution is 14.1. The molecule has 0 fully saturated rings. The minimum absolute atomic E-state index is 0.327. The standard InChI is InChI=1S/C9H6FIO/c1-2-9(12)7-4-3-6(10)5-8(7)11/h1,3-5,9,12H. The first-order valence-electron chi connectivity index (χ1n) is 3.24. The van der Waals surface area contributed by atoms with E-state index in [-0.39, 0.29) is 5.82 Å². The average Bonchev–Trinajstić information content (AvgIpc) is 2.03. The molecule has 0 radical (unpaired) electrons. The average molecular weight is 276 g/mol. The molecule has 12 heavy (non-hydrogen) atoms. The lowest BCUT2D eigenvalue weighted by Crippen LogP contribution is -1.96. The van der Waals surface area contributed by atoms with Crippen LogP contribution in [0.3, 0.4) is 0 Å². The van der Waals surface area contributed by atoms with E-state index in [4.69, 9.17) is 6.42 Å². The molecule has 0 saturated heterocycles. The van der Waals surface area contributed by atoms with Gasteiger partial charge in [0.05, 0.1) is 0 Å². The molecule has 1 N–H and O–H groups in total. The van der Waals surface area contributed by atoms with Crippen LogP contribution in [0, 0.1) is 21.7 Å². The molecule has 0 aliphatic heterocycles. The van der Waals surface area contributed by atoms with Crippen LogP contribution in [-0.2, 0) is 0 Å². The molecule has 1 rings (SSSR count). The Morgan fingerprint density at radius 2 is 2.25 bits per heavy atom. The Bertz CT molecular complexity index is 330. The van der Waals surface area contributed by atoms with Crippen molar-refractivity contribution in [2.45, 2.75) is 6.10 Å². The van der Waals surface area contributed by atoms with Crippen LogP contribution >= 0.6 is 22.6 Å². The van der Waals surface area contributed by atoms with Gasteiger partial charge in [-0.3, -0.25) is 0 Å². The van der Waals surface area contributed by atoms with Crippen molar-refractivity contribution < 1.29 is 9.50 Å². The minimum Gasteiger partial charge on any atom is -0.376 e. The van der Waals surface area contributed by atoms with Crippen molar-refractivity contribution in [1.29, 1.82) is 0 Å². The fourth-order valence-electron chi connectivity index (χ4n) is 0.813. The van der Waals surface area contributed by atoms with Crippen molar-refractivity contribution in [1.82, 2.24) is 0 Å². The van der Waals surface area contributed by atoms with Crippen molar-refractivity contribution in [3.05, 3.63) is 33.1 Å². The normalized spacial score (nSPS) is 12.2. The number of halogens is 2. The molecule has 62 valence electrons. The van der Waals surface area contributed by atoms with Crippen molar-refractivity contribution in [2.75, 3.05) is 0 Å². The Kier molecular flexibility index (Phi) is 3.06. The summed E-state index contributed by atoms with van der Waals surface area (Å²) in [6.45, 7) is 0. The lowest BCUT2D eigenvalue weighted by Gasteiger charge is -2.05. The number of hydrogen-bond acceptors (Lipinski definition) is 1. The molecule has 1 aromatic rings. The zero-order valence-electron chi connectivity index (χ0n) is 6.09. The summed E-state index contributed by atoms with van der Waals surface area (Å²) in [4.78, 5) is 0. The zero-order chi connectivity index (χ0) is 9.14. The van der Waals surface area contributed by atoms with Crippen LogP contribution in [0.1, 0.15) is 11.7 Å². The quantitative estimate of drug-likeness (QED) is 0.615. The molecule has 0 spiro atoms. The molecule has 0 aromatic heterocycles. The predicted molar refractivity (Wildman–Crippen MR) is 52.9 cm³/mol. The molecular weight excluding hydrogens is 270 g/mol. The lowest BCUT2D eigenvalue weighted by molar-refractivity contribution is 0.237. The van der Waals surface area contributed by atoms with Gasteiger partial charge in [-0.2, -0.15) is 0 Å². The van der Waals surface area contributed by atoms with E-state index >= 15 is 0 Å². The van der Waals surface area contributed by atoms with Crippen LogP contribution in [-0.4, -0.2) is 5.11 Å². The Balaban J connectivity index is 3.11. The Morgan fingerprint density at radius 3 is 2.75 bits per heavy atom. The van der Waals surface area contributed by atoms with Gasteiger partial charge in [-0.1, -0.05) is 12.0 Å². The Morgan fingerprint density at radius 1 is 1.58 bits per heavy atom. The third-order valence-electron chi connectivity index (χ3n) is 1.41. The van der Waals surface area contributed by atoms with Gasteiger partial charge < -0.3 is 5.11 Å². The van der Waals surface area contributed by atoms with E-state index in [2.05, 4.69) is 5.92 Å². The summed E-state index contributed by atoms with van der Waals surface area (Å²) in [6, 6.07) is 4.09. The van der Waals surface area contributed by atoms with Gasteiger partial charge in [0.1, 0.15) is 11.9 Å². The maximum atomic E-state index is 12.6. The molecule has 1 aromatic carbocycles. The highest BCUT2D eigenvalue weighted by Crippen LogP contribution is 2.20. The summed E-state index contributed by atoms with van der Waals surface area (Å²) in [5, 5.41) is 9.24. The van der Waals surface area contributed by atoms with Crippen LogP contribution in [0.15, 0.2) is 18.2 Å². The predicted octanol–water partition coefficient (Wildman–Crippen LogP) is 2.10. The van der Waals surface area contributed by atoms with Gasteiger partial charge in [0.25, 0.3) is 0 Å². The summed E-state index contributed by atoms with van der Waals surface area (Å²) in [7, 11) is 0. The van der Waals surface area contributed by atoms with Crippen LogP contribution in [0.25, 0.3) is 0 Å². The molecule has 3 heteroatoms. The fraction of sp³-hybridized carbons (Fsp3) is 0.111. The third-order valence-corrected chi connectivity index (χ3v) is 2.35. The first-order valence-corrected chi connectivity index (χ1v) is 4.32. The van der Waals surface area contributed by atoms with Crippen molar-refractivity contribution in [2.24, 2.45) is 0 Å². The number of aliphatic hydroxyl groups excluding tert-OH is 1. The number of aliphatic hydroxyl groups is 1. The first kappa shape index (κ1) is 9.49. The molecule has 0 saturated carbocycles. The summed E-state index contributed by atoms with van der Waals surface area (Å²) in [6.07, 6.45) is 4.07. The number of rotatable bonds is 1. The van der Waals surface area contributed by atoms with E-state index in [9.17, 15) is 9.50 Å². The van der Waals surface area contributed by atoms with Crippen LogP contribution < -0.4 is 0 Å². The number of benzene rings is 1. The Labute approximate surface area is 83.7 Å². The summed E-state index contributed by atoms with van der Waals surface area (Å²) in [5.41, 5.74) is 0.569. The van der Waals surface area contributed by atoms with E-state index in [1.807, 2.05) is 22.6 Å². The molecule has 1 unspecified atom stereocenters. The van der Waals surface area contributed by atoms with Crippen LogP contribution in [0.5, 0.6) is 0 Å². The van der Waals surface area contributed by atoms with Crippen molar-refractivity contribution in [3.8, 4) is 12.3 Å². The van der Waals surface area contributed by atoms with Gasteiger partial charge in [0, 0.05) is 9.13 Å². The Hall–Kier alpha value is -0.600. The highest BCUT2D eigenvalue weighted by atomic mass is 127. The van der Waals surface area contributed by atoms with Crippen molar-refractivity contribution in [3.63, 3.8) is 0 Å². The number of terminal acetylenes is 1. The maximum Gasteiger partial charge on any atom is 0.141 e. The molecule has 1 atom stereocenters. The van der Waals surface area contributed by atoms with E-state index in [0.717, 1.165) is 0 Å². The molecular formula is C9H6FIO. The molecule has 0 amide bonds. The first-order chi connectivity index (χ1) is 5.65. The lowest BCUT2D eigenvalue weighted by atomic mass is 10.1. The fourth-order valence-corrected chi connectivity index (χ4v) is 1.59. The smallest absolute Gasteiger partial charge is 0.141 e. The van der Waals surface area contributed by atoms with Gasteiger partial charge in [-0.15, -0.1) is 6.42 Å². The second-order valence-electron chi connectivity index (χ2n) is 2.24. The minimum atomic E-state index is -0.947. The van der Waals surface area contributed by atoms with Gasteiger partial charge in [-0.25, -0.2) is 4.39 Å².